The monoisotopic (exact) mass is 303 g/mol. The number of benzene rings is 3. The zero-order chi connectivity index (χ0) is 16.1. The van der Waals surface area contributed by atoms with Gasteiger partial charge in [0.05, 0.1) is 5.92 Å². The molecule has 3 rings (SSSR count). The van der Waals surface area contributed by atoms with Gasteiger partial charge in [0.15, 0.2) is 0 Å². The maximum Gasteiger partial charge on any atom is 0.236 e. The number of aromatic hydroxyl groups is 1. The molecule has 3 aromatic rings. The first-order valence-electron chi connectivity index (χ1n) is 7.44. The predicted molar refractivity (Wildman–Crippen MR) is 91.5 cm³/mol. The summed E-state index contributed by atoms with van der Waals surface area (Å²) in [7, 11) is 0. The fourth-order valence-electron chi connectivity index (χ4n) is 2.58. The lowest BCUT2D eigenvalue weighted by atomic mass is 9.90. The van der Waals surface area contributed by atoms with Gasteiger partial charge in [-0.25, -0.2) is 0 Å². The fraction of sp³-hybridized carbons (Fsp3) is 0.0500. The smallest absolute Gasteiger partial charge is 0.236 e. The second kappa shape index (κ2) is 6.79. The molecule has 0 atom stereocenters. The molecule has 0 aliphatic rings. The molecule has 3 nitrogen and oxygen atoms in total. The molecule has 0 fully saturated rings. The highest BCUT2D eigenvalue weighted by atomic mass is 16.3. The minimum absolute atomic E-state index is 0.124. The van der Waals surface area contributed by atoms with Crippen molar-refractivity contribution in [3.63, 3.8) is 0 Å². The minimum atomic E-state index is -0.403. The van der Waals surface area contributed by atoms with Crippen molar-refractivity contribution in [1.82, 2.24) is 0 Å². The first kappa shape index (κ1) is 14.9. The van der Waals surface area contributed by atoms with Crippen molar-refractivity contribution in [1.29, 1.82) is 0 Å². The van der Waals surface area contributed by atoms with Crippen LogP contribution in [0.4, 0.5) is 5.69 Å². The van der Waals surface area contributed by atoms with Crippen LogP contribution in [0.15, 0.2) is 84.9 Å². The maximum absolute atomic E-state index is 12.8. The molecule has 0 saturated heterocycles. The van der Waals surface area contributed by atoms with E-state index in [0.29, 0.717) is 5.69 Å². The van der Waals surface area contributed by atoms with Crippen LogP contribution in [0.25, 0.3) is 0 Å². The summed E-state index contributed by atoms with van der Waals surface area (Å²) in [6, 6.07) is 25.9. The van der Waals surface area contributed by atoms with E-state index >= 15 is 0 Å². The van der Waals surface area contributed by atoms with Crippen LogP contribution >= 0.6 is 0 Å². The molecule has 23 heavy (non-hydrogen) atoms. The molecule has 0 aliphatic heterocycles. The molecule has 0 aliphatic carbocycles. The molecule has 0 heterocycles. The number of carbonyl (C=O) groups is 1. The molecule has 3 aromatic carbocycles. The molecule has 0 spiro atoms. The van der Waals surface area contributed by atoms with Gasteiger partial charge in [0.25, 0.3) is 0 Å². The summed E-state index contributed by atoms with van der Waals surface area (Å²) in [4.78, 5) is 12.8. The van der Waals surface area contributed by atoms with Crippen LogP contribution in [0.2, 0.25) is 0 Å². The summed E-state index contributed by atoms with van der Waals surface area (Å²) >= 11 is 0. The number of phenolic OH excluding ortho intramolecular Hbond substituents is 1. The Hall–Kier alpha value is -3.07. The molecule has 0 saturated carbocycles. The second-order valence-electron chi connectivity index (χ2n) is 5.29. The summed E-state index contributed by atoms with van der Waals surface area (Å²) in [5.74, 6) is -0.411. The molecule has 0 radical (unpaired) electrons. The highest BCUT2D eigenvalue weighted by Crippen LogP contribution is 2.26. The SMILES string of the molecule is O=C(Nc1cccc(O)c1)C(c1ccccc1)c1ccccc1. The molecule has 2 N–H and O–H groups in total. The van der Waals surface area contributed by atoms with Gasteiger partial charge in [-0.1, -0.05) is 66.7 Å². The van der Waals surface area contributed by atoms with Gasteiger partial charge >= 0.3 is 0 Å². The van der Waals surface area contributed by atoms with Crippen LogP contribution in [0.5, 0.6) is 5.75 Å². The number of nitrogens with one attached hydrogen (secondary N) is 1. The third-order valence-corrected chi connectivity index (χ3v) is 3.64. The van der Waals surface area contributed by atoms with Crippen molar-refractivity contribution in [2.45, 2.75) is 5.92 Å². The summed E-state index contributed by atoms with van der Waals surface area (Å²) in [6.07, 6.45) is 0. The average Bonchev–Trinajstić information content (AvgIpc) is 2.57. The van der Waals surface area contributed by atoms with Crippen molar-refractivity contribution in [3.8, 4) is 5.75 Å². The van der Waals surface area contributed by atoms with Gasteiger partial charge in [-0.2, -0.15) is 0 Å². The molecular weight excluding hydrogens is 286 g/mol. The molecular formula is C20H17NO2. The topological polar surface area (TPSA) is 49.3 Å². The Kier molecular flexibility index (Phi) is 4.39. The average molecular weight is 303 g/mol. The summed E-state index contributed by atoms with van der Waals surface area (Å²) in [6.45, 7) is 0. The second-order valence-corrected chi connectivity index (χ2v) is 5.29. The molecule has 3 heteroatoms. The highest BCUT2D eigenvalue weighted by molar-refractivity contribution is 5.98. The third kappa shape index (κ3) is 3.58. The van der Waals surface area contributed by atoms with Crippen LogP contribution in [-0.2, 0) is 4.79 Å². The van der Waals surface area contributed by atoms with Crippen LogP contribution in [0, 0.1) is 0 Å². The van der Waals surface area contributed by atoms with Gasteiger partial charge in [-0.3, -0.25) is 4.79 Å². The highest BCUT2D eigenvalue weighted by Gasteiger charge is 2.22. The van der Waals surface area contributed by atoms with E-state index in [0.717, 1.165) is 11.1 Å². The number of carbonyl (C=O) groups excluding carboxylic acids is 1. The van der Waals surface area contributed by atoms with E-state index in [1.54, 1.807) is 18.2 Å². The van der Waals surface area contributed by atoms with E-state index in [-0.39, 0.29) is 11.7 Å². The largest absolute Gasteiger partial charge is 0.508 e. The lowest BCUT2D eigenvalue weighted by molar-refractivity contribution is -0.116. The van der Waals surface area contributed by atoms with E-state index in [1.165, 1.54) is 6.07 Å². The maximum atomic E-state index is 12.8. The number of anilines is 1. The van der Waals surface area contributed by atoms with Gasteiger partial charge in [0.1, 0.15) is 5.75 Å². The number of phenols is 1. The number of hydrogen-bond donors (Lipinski definition) is 2. The Bertz CT molecular complexity index is 746. The van der Waals surface area contributed by atoms with Gasteiger partial charge in [0.2, 0.25) is 5.91 Å². The van der Waals surface area contributed by atoms with Crippen molar-refractivity contribution in [2.75, 3.05) is 5.32 Å². The van der Waals surface area contributed by atoms with Crippen LogP contribution in [-0.4, -0.2) is 11.0 Å². The predicted octanol–water partition coefficient (Wildman–Crippen LogP) is 4.16. The molecule has 0 bridgehead atoms. The number of rotatable bonds is 4. The van der Waals surface area contributed by atoms with Crippen molar-refractivity contribution in [2.24, 2.45) is 0 Å². The van der Waals surface area contributed by atoms with Gasteiger partial charge in [0, 0.05) is 11.8 Å². The van der Waals surface area contributed by atoms with E-state index in [9.17, 15) is 9.90 Å². The zero-order valence-corrected chi connectivity index (χ0v) is 12.5. The Morgan fingerprint density at radius 2 is 1.35 bits per heavy atom. The summed E-state index contributed by atoms with van der Waals surface area (Å²) in [5, 5.41) is 12.4. The Labute approximate surface area is 135 Å². The summed E-state index contributed by atoms with van der Waals surface area (Å²) < 4.78 is 0. The van der Waals surface area contributed by atoms with Crippen LogP contribution < -0.4 is 5.32 Å². The molecule has 114 valence electrons. The number of amides is 1. The quantitative estimate of drug-likeness (QED) is 0.760. The van der Waals surface area contributed by atoms with Crippen molar-refractivity contribution in [3.05, 3.63) is 96.1 Å². The van der Waals surface area contributed by atoms with E-state index in [4.69, 9.17) is 0 Å². The van der Waals surface area contributed by atoms with Gasteiger partial charge < -0.3 is 10.4 Å². The van der Waals surface area contributed by atoms with Crippen molar-refractivity contribution < 1.29 is 9.90 Å². The molecule has 1 amide bonds. The number of hydrogen-bond acceptors (Lipinski definition) is 2. The zero-order valence-electron chi connectivity index (χ0n) is 12.5. The first-order valence-corrected chi connectivity index (χ1v) is 7.44. The van der Waals surface area contributed by atoms with E-state index in [1.807, 2.05) is 60.7 Å². The minimum Gasteiger partial charge on any atom is -0.508 e. The van der Waals surface area contributed by atoms with Gasteiger partial charge in [-0.15, -0.1) is 0 Å². The lowest BCUT2D eigenvalue weighted by Crippen LogP contribution is -2.22. The van der Waals surface area contributed by atoms with E-state index < -0.39 is 5.92 Å². The molecule has 0 aromatic heterocycles. The van der Waals surface area contributed by atoms with Crippen LogP contribution in [0.1, 0.15) is 17.0 Å². The summed E-state index contributed by atoms with van der Waals surface area (Å²) in [5.41, 5.74) is 2.43. The Morgan fingerprint density at radius 3 is 1.87 bits per heavy atom. The van der Waals surface area contributed by atoms with Crippen molar-refractivity contribution >= 4 is 11.6 Å². The lowest BCUT2D eigenvalue weighted by Gasteiger charge is -2.18. The van der Waals surface area contributed by atoms with Crippen LogP contribution in [0.3, 0.4) is 0 Å². The third-order valence-electron chi connectivity index (χ3n) is 3.64. The first-order chi connectivity index (χ1) is 11.2. The standard InChI is InChI=1S/C20H17NO2/c22-18-13-7-12-17(14-18)21-20(23)19(15-8-3-1-4-9-15)16-10-5-2-6-11-16/h1-14,19,22H,(H,21,23). The van der Waals surface area contributed by atoms with Gasteiger partial charge in [-0.05, 0) is 23.3 Å². The fourth-order valence-corrected chi connectivity index (χ4v) is 2.58. The normalized spacial score (nSPS) is 10.5. The molecule has 0 unspecified atom stereocenters. The Morgan fingerprint density at radius 1 is 0.783 bits per heavy atom. The Balaban J connectivity index is 1.94. The van der Waals surface area contributed by atoms with E-state index in [2.05, 4.69) is 5.32 Å².